The van der Waals surface area contributed by atoms with Gasteiger partial charge in [-0.2, -0.15) is 5.10 Å². The largest absolute Gasteiger partial charge is 0.496 e. The van der Waals surface area contributed by atoms with Crippen molar-refractivity contribution in [3.8, 4) is 5.75 Å². The highest BCUT2D eigenvalue weighted by atomic mass is 32.2. The fraction of sp³-hybridized carbons (Fsp3) is 0.435. The van der Waals surface area contributed by atoms with E-state index in [2.05, 4.69) is 35.5 Å². The first kappa shape index (κ1) is 24.8. The predicted molar refractivity (Wildman–Crippen MR) is 128 cm³/mol. The molecule has 1 saturated heterocycles. The molecule has 0 radical (unpaired) electrons. The van der Waals surface area contributed by atoms with Crippen molar-refractivity contribution in [3.63, 3.8) is 0 Å². The highest BCUT2D eigenvalue weighted by molar-refractivity contribution is 7.99. The van der Waals surface area contributed by atoms with Crippen LogP contribution < -0.4 is 15.4 Å². The van der Waals surface area contributed by atoms with Crippen LogP contribution in [0.2, 0.25) is 0 Å². The number of rotatable bonds is 7. The Balaban J connectivity index is 0.000000968. The Bertz CT molecular complexity index is 1070. The number of nitrogens with one attached hydrogen (secondary N) is 2. The molecule has 33 heavy (non-hydrogen) atoms. The summed E-state index contributed by atoms with van der Waals surface area (Å²) in [5.74, 6) is 0.535. The number of ether oxygens (including phenoxy) is 1. The van der Waals surface area contributed by atoms with Gasteiger partial charge in [0, 0.05) is 30.0 Å². The van der Waals surface area contributed by atoms with Crippen LogP contribution in [0.5, 0.6) is 5.75 Å². The van der Waals surface area contributed by atoms with Crippen molar-refractivity contribution >= 4 is 29.6 Å². The van der Waals surface area contributed by atoms with Crippen molar-refractivity contribution in [2.45, 2.75) is 49.4 Å². The number of nitrogens with zero attached hydrogens (tertiary/aromatic N) is 3. The van der Waals surface area contributed by atoms with Gasteiger partial charge in [0.25, 0.3) is 6.47 Å². The number of aromatic nitrogens is 3. The summed E-state index contributed by atoms with van der Waals surface area (Å²) in [6, 6.07) is 6.67. The van der Waals surface area contributed by atoms with Crippen molar-refractivity contribution in [1.82, 2.24) is 19.9 Å². The van der Waals surface area contributed by atoms with Gasteiger partial charge in [0.15, 0.2) is 5.65 Å². The molecule has 0 amide bonds. The van der Waals surface area contributed by atoms with E-state index in [1.165, 1.54) is 25.0 Å². The molecule has 1 aliphatic rings. The second-order valence-electron chi connectivity index (χ2n) is 7.97. The second-order valence-corrected chi connectivity index (χ2v) is 9.29. The van der Waals surface area contributed by atoms with Crippen molar-refractivity contribution in [2.24, 2.45) is 0 Å². The van der Waals surface area contributed by atoms with E-state index in [1.54, 1.807) is 13.2 Å². The summed E-state index contributed by atoms with van der Waals surface area (Å²) in [4.78, 5) is 13.0. The third-order valence-corrected chi connectivity index (χ3v) is 6.50. The zero-order valence-corrected chi connectivity index (χ0v) is 19.9. The van der Waals surface area contributed by atoms with E-state index in [4.69, 9.17) is 19.7 Å². The number of hydrogen-bond donors (Lipinski definition) is 3. The lowest BCUT2D eigenvalue weighted by molar-refractivity contribution is -0.122. The Morgan fingerprint density at radius 3 is 2.88 bits per heavy atom. The van der Waals surface area contributed by atoms with Gasteiger partial charge in [0.05, 0.1) is 24.7 Å². The number of fused-ring (bicyclic) bond motifs is 1. The standard InChI is InChI=1S/C22H28FN5OS.CH2O2/c1-14(2)19-13-26-22-18(25-11-15-6-7-16(23)9-20(15)29-3)10-21(27-28(19)22)30-17-5-4-8-24-12-17;2-1-3/h6-7,9-10,13-14,17,24-25H,4-5,8,11-12H2,1-3H3;1H,(H,2,3). The van der Waals surface area contributed by atoms with E-state index < -0.39 is 0 Å². The number of halogens is 1. The van der Waals surface area contributed by atoms with Gasteiger partial charge in [-0.25, -0.2) is 13.9 Å². The maximum Gasteiger partial charge on any atom is 0.290 e. The van der Waals surface area contributed by atoms with Crippen LogP contribution in [-0.2, 0) is 11.3 Å². The summed E-state index contributed by atoms with van der Waals surface area (Å²) in [6.07, 6.45) is 4.28. The number of anilines is 1. The Kier molecular flexibility index (Phi) is 8.90. The molecule has 178 valence electrons. The molecule has 1 aromatic carbocycles. The first-order valence-electron chi connectivity index (χ1n) is 10.9. The Morgan fingerprint density at radius 2 is 2.21 bits per heavy atom. The predicted octanol–water partition coefficient (Wildman–Crippen LogP) is 4.16. The van der Waals surface area contributed by atoms with Crippen LogP contribution in [0.4, 0.5) is 10.1 Å². The van der Waals surface area contributed by atoms with Crippen LogP contribution in [-0.4, -0.2) is 51.6 Å². The van der Waals surface area contributed by atoms with Crippen LogP contribution in [0.1, 0.15) is 43.9 Å². The number of carboxylic acid groups (broad SMARTS) is 1. The minimum atomic E-state index is -0.309. The van der Waals surface area contributed by atoms with Crippen LogP contribution in [0.15, 0.2) is 35.5 Å². The number of piperidine rings is 1. The maximum absolute atomic E-state index is 13.5. The Hall–Kier alpha value is -2.85. The number of methoxy groups -OCH3 is 1. The summed E-state index contributed by atoms with van der Waals surface area (Å²) in [5, 5.41) is 20.2. The zero-order valence-electron chi connectivity index (χ0n) is 19.0. The normalized spacial score (nSPS) is 15.7. The quantitative estimate of drug-likeness (QED) is 0.438. The smallest absolute Gasteiger partial charge is 0.290 e. The van der Waals surface area contributed by atoms with Crippen LogP contribution >= 0.6 is 11.8 Å². The fourth-order valence-electron chi connectivity index (χ4n) is 3.69. The Morgan fingerprint density at radius 1 is 1.42 bits per heavy atom. The molecular formula is C23H30FN5O3S. The molecule has 2 aromatic heterocycles. The third kappa shape index (κ3) is 6.35. The average Bonchev–Trinajstić information content (AvgIpc) is 3.23. The molecule has 1 fully saturated rings. The van der Waals surface area contributed by atoms with Gasteiger partial charge in [-0.3, -0.25) is 4.79 Å². The van der Waals surface area contributed by atoms with Gasteiger partial charge in [-0.15, -0.1) is 0 Å². The highest BCUT2D eigenvalue weighted by Gasteiger charge is 2.19. The summed E-state index contributed by atoms with van der Waals surface area (Å²) >= 11 is 1.81. The SMILES string of the molecule is COc1cc(F)ccc1CNc1cc(SC2CCCNC2)nn2c(C(C)C)cnc12.O=CO. The van der Waals surface area contributed by atoms with E-state index in [1.807, 2.05) is 22.5 Å². The van der Waals surface area contributed by atoms with E-state index >= 15 is 0 Å². The lowest BCUT2D eigenvalue weighted by Gasteiger charge is -2.22. The van der Waals surface area contributed by atoms with Gasteiger partial charge in [-0.1, -0.05) is 31.7 Å². The average molecular weight is 476 g/mol. The molecule has 0 saturated carbocycles. The molecule has 10 heteroatoms. The van der Waals surface area contributed by atoms with E-state index in [0.29, 0.717) is 23.5 Å². The van der Waals surface area contributed by atoms with Crippen LogP contribution in [0, 0.1) is 5.82 Å². The molecule has 0 spiro atoms. The monoisotopic (exact) mass is 475 g/mol. The van der Waals surface area contributed by atoms with E-state index in [-0.39, 0.29) is 12.3 Å². The van der Waals surface area contributed by atoms with E-state index in [0.717, 1.165) is 40.7 Å². The minimum Gasteiger partial charge on any atom is -0.496 e. The fourth-order valence-corrected chi connectivity index (χ4v) is 4.83. The summed E-state index contributed by atoms with van der Waals surface area (Å²) in [5.41, 5.74) is 3.67. The van der Waals surface area contributed by atoms with E-state index in [9.17, 15) is 4.39 Å². The molecule has 1 atom stereocenters. The van der Waals surface area contributed by atoms with Gasteiger partial charge >= 0.3 is 0 Å². The van der Waals surface area contributed by atoms with Crippen molar-refractivity contribution < 1.29 is 19.0 Å². The lowest BCUT2D eigenvalue weighted by atomic mass is 10.1. The van der Waals surface area contributed by atoms with Gasteiger partial charge in [-0.05, 0) is 37.4 Å². The number of thioether (sulfide) groups is 1. The molecular weight excluding hydrogens is 445 g/mol. The second kappa shape index (κ2) is 11.9. The zero-order chi connectivity index (χ0) is 23.8. The maximum atomic E-state index is 13.5. The molecule has 3 aromatic rings. The van der Waals surface area contributed by atoms with Crippen LogP contribution in [0.3, 0.4) is 0 Å². The van der Waals surface area contributed by atoms with Crippen LogP contribution in [0.25, 0.3) is 5.65 Å². The van der Waals surface area contributed by atoms with Gasteiger partial charge in [0.2, 0.25) is 0 Å². The first-order valence-corrected chi connectivity index (χ1v) is 11.7. The Labute approximate surface area is 196 Å². The topological polar surface area (TPSA) is 101 Å². The van der Waals surface area contributed by atoms with Crippen molar-refractivity contribution in [3.05, 3.63) is 47.5 Å². The summed E-state index contributed by atoms with van der Waals surface area (Å²) < 4.78 is 20.8. The number of carbonyl (C=O) groups is 1. The molecule has 0 bridgehead atoms. The molecule has 0 aliphatic carbocycles. The summed E-state index contributed by atoms with van der Waals surface area (Å²) in [6.45, 7) is 6.64. The van der Waals surface area contributed by atoms with Gasteiger partial charge < -0.3 is 20.5 Å². The van der Waals surface area contributed by atoms with Crippen molar-refractivity contribution in [1.29, 1.82) is 0 Å². The highest BCUT2D eigenvalue weighted by Crippen LogP contribution is 2.31. The van der Waals surface area contributed by atoms with Crippen molar-refractivity contribution in [2.75, 3.05) is 25.5 Å². The third-order valence-electron chi connectivity index (χ3n) is 5.32. The number of imidazole rings is 1. The first-order chi connectivity index (χ1) is 16.0. The molecule has 4 rings (SSSR count). The van der Waals surface area contributed by atoms with Gasteiger partial charge in [0.1, 0.15) is 16.6 Å². The molecule has 3 N–H and O–H groups in total. The summed E-state index contributed by atoms with van der Waals surface area (Å²) in [7, 11) is 1.55. The molecule has 8 nitrogen and oxygen atoms in total. The minimum absolute atomic E-state index is 0.250. The molecule has 1 aliphatic heterocycles. The molecule has 1 unspecified atom stereocenters. The molecule has 3 heterocycles. The number of hydrogen-bond acceptors (Lipinski definition) is 7. The lowest BCUT2D eigenvalue weighted by Crippen LogP contribution is -2.31. The number of benzene rings is 1.